The van der Waals surface area contributed by atoms with Crippen molar-refractivity contribution in [2.75, 3.05) is 19.2 Å². The zero-order valence-corrected chi connectivity index (χ0v) is 7.49. The van der Waals surface area contributed by atoms with Gasteiger partial charge in [0, 0.05) is 19.2 Å². The minimum Gasteiger partial charge on any atom is -0.389 e. The standard InChI is InChI=1S/C5H13ClOSi/c1-7-5-8-4-2-3-6/h2-5,8H2,1H3. The number of ether oxygens (including phenoxy) is 1. The summed E-state index contributed by atoms with van der Waals surface area (Å²) in [6, 6.07) is 1.33. The van der Waals surface area contributed by atoms with Gasteiger partial charge >= 0.3 is 0 Å². The average molecular weight is 153 g/mol. The van der Waals surface area contributed by atoms with E-state index in [1.165, 1.54) is 12.5 Å². The lowest BCUT2D eigenvalue weighted by Gasteiger charge is -1.93. The molecule has 0 fully saturated rings. The van der Waals surface area contributed by atoms with Gasteiger partial charge in [0.15, 0.2) is 0 Å². The molecule has 8 heavy (non-hydrogen) atoms. The molecule has 0 N–H and O–H groups in total. The van der Waals surface area contributed by atoms with Crippen LogP contribution in [-0.2, 0) is 4.74 Å². The SMILES string of the molecule is COC[SiH2]CCCCl. The number of methoxy groups -OCH3 is 1. The molecule has 0 aliphatic heterocycles. The lowest BCUT2D eigenvalue weighted by atomic mass is 10.6. The molecule has 3 heteroatoms. The molecule has 0 unspecified atom stereocenters. The molecule has 0 saturated heterocycles. The molecule has 0 aliphatic carbocycles. The number of rotatable bonds is 5. The Hall–Kier alpha value is 0.467. The third-order valence-electron chi connectivity index (χ3n) is 0.982. The van der Waals surface area contributed by atoms with Gasteiger partial charge in [-0.1, -0.05) is 6.04 Å². The molecular weight excluding hydrogens is 140 g/mol. The Morgan fingerprint density at radius 3 is 2.88 bits per heavy atom. The molecule has 0 aromatic heterocycles. The van der Waals surface area contributed by atoms with E-state index in [1.807, 2.05) is 0 Å². The molecule has 0 saturated carbocycles. The van der Waals surface area contributed by atoms with Gasteiger partial charge in [0.25, 0.3) is 0 Å². The van der Waals surface area contributed by atoms with E-state index in [9.17, 15) is 0 Å². The van der Waals surface area contributed by atoms with Crippen molar-refractivity contribution in [3.05, 3.63) is 0 Å². The first-order valence-corrected chi connectivity index (χ1v) is 5.50. The molecule has 0 atom stereocenters. The van der Waals surface area contributed by atoms with Crippen LogP contribution in [0.2, 0.25) is 6.04 Å². The summed E-state index contributed by atoms with van der Waals surface area (Å²) < 4.78 is 4.91. The number of hydrogen-bond acceptors (Lipinski definition) is 1. The molecule has 0 heterocycles. The Balaban J connectivity index is 2.53. The van der Waals surface area contributed by atoms with E-state index in [0.29, 0.717) is 0 Å². The van der Waals surface area contributed by atoms with Gasteiger partial charge in [0.1, 0.15) is 0 Å². The van der Waals surface area contributed by atoms with Crippen LogP contribution >= 0.6 is 11.6 Å². The van der Waals surface area contributed by atoms with Crippen LogP contribution in [0.15, 0.2) is 0 Å². The number of alkyl halides is 1. The lowest BCUT2D eigenvalue weighted by Crippen LogP contribution is -1.99. The summed E-state index contributed by atoms with van der Waals surface area (Å²) in [6.07, 6.45) is 2.19. The van der Waals surface area contributed by atoms with Crippen molar-refractivity contribution in [1.82, 2.24) is 0 Å². The van der Waals surface area contributed by atoms with Gasteiger partial charge in [-0.2, -0.15) is 0 Å². The second-order valence-electron chi connectivity index (χ2n) is 1.74. The summed E-state index contributed by atoms with van der Waals surface area (Å²) in [7, 11) is 1.85. The van der Waals surface area contributed by atoms with Gasteiger partial charge in [-0.15, -0.1) is 11.6 Å². The molecule has 0 spiro atoms. The molecule has 0 rings (SSSR count). The molecule has 0 amide bonds. The average Bonchev–Trinajstić information content (AvgIpc) is 1.81. The first-order valence-electron chi connectivity index (χ1n) is 2.96. The monoisotopic (exact) mass is 152 g/mol. The Labute approximate surface area is 58.2 Å². The van der Waals surface area contributed by atoms with Gasteiger partial charge < -0.3 is 4.74 Å². The van der Waals surface area contributed by atoms with Crippen molar-refractivity contribution < 1.29 is 4.74 Å². The maximum Gasteiger partial charge on any atom is 0.0516 e. The summed E-state index contributed by atoms with van der Waals surface area (Å²) in [5.41, 5.74) is 0. The largest absolute Gasteiger partial charge is 0.389 e. The van der Waals surface area contributed by atoms with E-state index in [4.69, 9.17) is 16.3 Å². The van der Waals surface area contributed by atoms with Crippen LogP contribution in [0.4, 0.5) is 0 Å². The van der Waals surface area contributed by atoms with E-state index >= 15 is 0 Å². The molecule has 1 nitrogen and oxygen atoms in total. The fourth-order valence-electron chi connectivity index (χ4n) is 0.518. The van der Waals surface area contributed by atoms with E-state index in [2.05, 4.69) is 0 Å². The van der Waals surface area contributed by atoms with Crippen LogP contribution in [-0.4, -0.2) is 28.7 Å². The Morgan fingerprint density at radius 1 is 1.62 bits per heavy atom. The van der Waals surface area contributed by atoms with Crippen LogP contribution < -0.4 is 0 Å². The minimum atomic E-state index is 0.0936. The van der Waals surface area contributed by atoms with Crippen molar-refractivity contribution >= 4 is 21.1 Å². The van der Waals surface area contributed by atoms with Crippen LogP contribution in [0.5, 0.6) is 0 Å². The predicted molar refractivity (Wildman–Crippen MR) is 40.6 cm³/mol. The third kappa shape index (κ3) is 6.47. The van der Waals surface area contributed by atoms with E-state index < -0.39 is 0 Å². The van der Waals surface area contributed by atoms with Gasteiger partial charge in [-0.3, -0.25) is 0 Å². The highest BCUT2D eigenvalue weighted by Crippen LogP contribution is 1.90. The predicted octanol–water partition coefficient (Wildman–Crippen LogP) is 0.806. The third-order valence-corrected chi connectivity index (χ3v) is 2.95. The quantitative estimate of drug-likeness (QED) is 0.322. The van der Waals surface area contributed by atoms with Crippen molar-refractivity contribution in [1.29, 1.82) is 0 Å². The highest BCUT2D eigenvalue weighted by atomic mass is 35.5. The molecule has 50 valence electrons. The molecule has 0 aromatic rings. The van der Waals surface area contributed by atoms with E-state index in [-0.39, 0.29) is 9.52 Å². The molecule has 0 aliphatic rings. The molecule has 0 bridgehead atoms. The fourth-order valence-corrected chi connectivity index (χ4v) is 2.12. The molecule has 0 radical (unpaired) electrons. The first kappa shape index (κ1) is 8.47. The number of hydrogen-bond donors (Lipinski definition) is 0. The lowest BCUT2D eigenvalue weighted by molar-refractivity contribution is 0.251. The maximum absolute atomic E-state index is 5.46. The zero-order valence-electron chi connectivity index (χ0n) is 5.32. The summed E-state index contributed by atoms with van der Waals surface area (Å²) in [5.74, 6) is 0.816. The Morgan fingerprint density at radius 2 is 2.38 bits per heavy atom. The number of halogens is 1. The van der Waals surface area contributed by atoms with Crippen LogP contribution in [0.25, 0.3) is 0 Å². The Kier molecular flexibility index (Phi) is 7.90. The van der Waals surface area contributed by atoms with Gasteiger partial charge in [0.05, 0.1) is 9.52 Å². The van der Waals surface area contributed by atoms with E-state index in [0.717, 1.165) is 12.1 Å². The fraction of sp³-hybridized carbons (Fsp3) is 1.00. The van der Waals surface area contributed by atoms with Crippen LogP contribution in [0, 0.1) is 0 Å². The van der Waals surface area contributed by atoms with Gasteiger partial charge in [0.2, 0.25) is 0 Å². The summed E-state index contributed by atoms with van der Waals surface area (Å²) in [6.45, 7) is 0. The minimum absolute atomic E-state index is 0.0936. The smallest absolute Gasteiger partial charge is 0.0516 e. The first-order chi connectivity index (χ1) is 3.91. The molecule has 0 aromatic carbocycles. The second-order valence-corrected chi connectivity index (χ2v) is 3.94. The summed E-state index contributed by atoms with van der Waals surface area (Å²) >= 11 is 5.46. The van der Waals surface area contributed by atoms with Crippen molar-refractivity contribution in [2.24, 2.45) is 0 Å². The van der Waals surface area contributed by atoms with Crippen molar-refractivity contribution in [3.8, 4) is 0 Å². The zero-order chi connectivity index (χ0) is 6.24. The van der Waals surface area contributed by atoms with Gasteiger partial charge in [-0.05, 0) is 6.42 Å². The van der Waals surface area contributed by atoms with Crippen molar-refractivity contribution in [2.45, 2.75) is 12.5 Å². The maximum atomic E-state index is 5.46. The normalized spacial score (nSPS) is 11.2. The van der Waals surface area contributed by atoms with Gasteiger partial charge in [-0.25, -0.2) is 0 Å². The summed E-state index contributed by atoms with van der Waals surface area (Å²) in [4.78, 5) is 0. The van der Waals surface area contributed by atoms with Crippen LogP contribution in [0.1, 0.15) is 6.42 Å². The topological polar surface area (TPSA) is 9.23 Å². The highest BCUT2D eigenvalue weighted by Gasteiger charge is 1.85. The highest BCUT2D eigenvalue weighted by molar-refractivity contribution is 6.35. The second kappa shape index (κ2) is 7.47. The summed E-state index contributed by atoms with van der Waals surface area (Å²) in [5, 5.41) is 0. The Bertz CT molecular complexity index is 37.4. The van der Waals surface area contributed by atoms with Crippen LogP contribution in [0.3, 0.4) is 0 Å². The molecular formula is C5H13ClOSi. The van der Waals surface area contributed by atoms with Crippen molar-refractivity contribution in [3.63, 3.8) is 0 Å². The van der Waals surface area contributed by atoms with E-state index in [1.54, 1.807) is 7.11 Å².